The van der Waals surface area contributed by atoms with Crippen molar-refractivity contribution in [2.75, 3.05) is 31.2 Å². The average molecular weight is 561 g/mol. The Morgan fingerprint density at radius 2 is 1.71 bits per heavy atom. The molecule has 1 aliphatic rings. The normalized spacial score (nSPS) is 13.2. The standard InChI is InChI=1S/C25H19Cl2FN4O6/c26-18-8-14(30-36)9-19(27)22(18)24(33)29-12-13-2-1-3-15(23(13)31-37)16-11-21(32-4-6-38-7-5-32)17(25(34)35)10-20(16)28/h1-3,8-11H,4-7,12H2,(H,29,33)(H,34,35). The molecule has 10 nitrogen and oxygen atoms in total. The highest BCUT2D eigenvalue weighted by Gasteiger charge is 2.24. The number of carboxylic acid groups (broad SMARTS) is 1. The summed E-state index contributed by atoms with van der Waals surface area (Å²) in [4.78, 5) is 49.0. The van der Waals surface area contributed by atoms with E-state index in [1.165, 1.54) is 30.3 Å². The minimum Gasteiger partial charge on any atom is -0.478 e. The molecule has 1 aliphatic heterocycles. The van der Waals surface area contributed by atoms with Gasteiger partial charge < -0.3 is 20.1 Å². The van der Waals surface area contributed by atoms with E-state index in [0.29, 0.717) is 26.3 Å². The Labute approximate surface area is 225 Å². The first-order valence-electron chi connectivity index (χ1n) is 11.2. The van der Waals surface area contributed by atoms with E-state index in [1.54, 1.807) is 11.0 Å². The van der Waals surface area contributed by atoms with Gasteiger partial charge in [0.15, 0.2) is 0 Å². The first-order chi connectivity index (χ1) is 18.2. The van der Waals surface area contributed by atoms with Gasteiger partial charge in [0.2, 0.25) is 0 Å². The minimum atomic E-state index is -1.29. The zero-order valence-electron chi connectivity index (χ0n) is 19.5. The largest absolute Gasteiger partial charge is 0.478 e. The molecule has 196 valence electrons. The van der Waals surface area contributed by atoms with Crippen molar-refractivity contribution >= 4 is 52.1 Å². The van der Waals surface area contributed by atoms with Crippen LogP contribution in [0.15, 0.2) is 52.8 Å². The van der Waals surface area contributed by atoms with Gasteiger partial charge in [0.05, 0.1) is 40.1 Å². The van der Waals surface area contributed by atoms with Crippen molar-refractivity contribution in [3.8, 4) is 11.1 Å². The van der Waals surface area contributed by atoms with E-state index in [0.717, 1.165) is 6.07 Å². The lowest BCUT2D eigenvalue weighted by atomic mass is 9.96. The maximum atomic E-state index is 15.2. The van der Waals surface area contributed by atoms with Gasteiger partial charge in [0.1, 0.15) is 17.2 Å². The van der Waals surface area contributed by atoms with E-state index < -0.39 is 17.7 Å². The van der Waals surface area contributed by atoms with Crippen LogP contribution in [0.2, 0.25) is 10.0 Å². The molecule has 1 fully saturated rings. The van der Waals surface area contributed by atoms with Crippen molar-refractivity contribution in [1.29, 1.82) is 0 Å². The minimum absolute atomic E-state index is 0.0256. The van der Waals surface area contributed by atoms with Crippen molar-refractivity contribution < 1.29 is 23.8 Å². The maximum Gasteiger partial charge on any atom is 0.337 e. The van der Waals surface area contributed by atoms with Crippen molar-refractivity contribution in [2.24, 2.45) is 10.4 Å². The SMILES string of the molecule is O=Nc1cc(Cl)c(C(=O)NCc2cccc(-c3cc(N4CCOCC4)c(C(=O)O)cc3F)c2N=O)c(Cl)c1. The van der Waals surface area contributed by atoms with Gasteiger partial charge in [-0.1, -0.05) is 41.4 Å². The Kier molecular flexibility index (Phi) is 8.30. The van der Waals surface area contributed by atoms with Gasteiger partial charge in [-0.25, -0.2) is 9.18 Å². The van der Waals surface area contributed by atoms with E-state index >= 15 is 4.39 Å². The number of rotatable bonds is 8. The lowest BCUT2D eigenvalue weighted by Gasteiger charge is -2.30. The number of anilines is 1. The lowest BCUT2D eigenvalue weighted by molar-refractivity contribution is 0.0695. The quantitative estimate of drug-likeness (QED) is 0.319. The summed E-state index contributed by atoms with van der Waals surface area (Å²) < 4.78 is 20.5. The third-order valence-electron chi connectivity index (χ3n) is 5.97. The second-order valence-corrected chi connectivity index (χ2v) is 9.03. The number of morpholine rings is 1. The topological polar surface area (TPSA) is 138 Å². The number of halogens is 3. The number of hydrogen-bond acceptors (Lipinski definition) is 8. The van der Waals surface area contributed by atoms with Crippen LogP contribution in [0.4, 0.5) is 21.5 Å². The van der Waals surface area contributed by atoms with Crippen LogP contribution in [0.5, 0.6) is 0 Å². The Bertz CT molecular complexity index is 1420. The van der Waals surface area contributed by atoms with Gasteiger partial charge in [-0.3, -0.25) is 4.79 Å². The second kappa shape index (κ2) is 11.6. The number of amides is 1. The molecule has 0 radical (unpaired) electrons. The number of ether oxygens (including phenoxy) is 1. The summed E-state index contributed by atoms with van der Waals surface area (Å²) in [5.74, 6) is -2.84. The summed E-state index contributed by atoms with van der Waals surface area (Å²) in [6.45, 7) is 1.38. The molecular formula is C25H19Cl2FN4O6. The van der Waals surface area contributed by atoms with Gasteiger partial charge in [-0.05, 0) is 34.6 Å². The number of hydrogen-bond donors (Lipinski definition) is 2. The number of benzene rings is 3. The molecule has 1 heterocycles. The van der Waals surface area contributed by atoms with Crippen LogP contribution in [-0.4, -0.2) is 43.3 Å². The molecule has 4 rings (SSSR count). The molecule has 0 aromatic heterocycles. The fourth-order valence-electron chi connectivity index (χ4n) is 4.16. The molecule has 0 atom stereocenters. The molecule has 1 amide bonds. The van der Waals surface area contributed by atoms with Crippen molar-refractivity contribution in [1.82, 2.24) is 5.32 Å². The molecule has 0 aliphatic carbocycles. The van der Waals surface area contributed by atoms with E-state index in [-0.39, 0.29) is 61.5 Å². The van der Waals surface area contributed by atoms with E-state index in [4.69, 9.17) is 27.9 Å². The van der Waals surface area contributed by atoms with Crippen LogP contribution in [0.1, 0.15) is 26.3 Å². The summed E-state index contributed by atoms with van der Waals surface area (Å²) >= 11 is 12.2. The van der Waals surface area contributed by atoms with Gasteiger partial charge >= 0.3 is 5.97 Å². The zero-order valence-corrected chi connectivity index (χ0v) is 21.1. The predicted octanol–water partition coefficient (Wildman–Crippen LogP) is 6.06. The summed E-state index contributed by atoms with van der Waals surface area (Å²) in [6.07, 6.45) is 0. The van der Waals surface area contributed by atoms with Crippen LogP contribution in [0.25, 0.3) is 11.1 Å². The molecule has 0 saturated carbocycles. The number of nitrogens with zero attached hydrogens (tertiary/aromatic N) is 3. The molecule has 38 heavy (non-hydrogen) atoms. The van der Waals surface area contributed by atoms with Crippen LogP contribution >= 0.6 is 23.2 Å². The van der Waals surface area contributed by atoms with Gasteiger partial charge in [-0.2, -0.15) is 0 Å². The van der Waals surface area contributed by atoms with Gasteiger partial charge in [0.25, 0.3) is 5.91 Å². The summed E-state index contributed by atoms with van der Waals surface area (Å²) in [5.41, 5.74) is 0.133. The predicted molar refractivity (Wildman–Crippen MR) is 140 cm³/mol. The molecule has 0 bridgehead atoms. The maximum absolute atomic E-state index is 15.2. The van der Waals surface area contributed by atoms with Gasteiger partial charge in [0, 0.05) is 36.3 Å². The number of nitroso groups, excluding NO2 is 2. The van der Waals surface area contributed by atoms with E-state index in [9.17, 15) is 24.5 Å². The van der Waals surface area contributed by atoms with Gasteiger partial charge in [-0.15, -0.1) is 9.81 Å². The Hall–Kier alpha value is -3.93. The molecular weight excluding hydrogens is 542 g/mol. The van der Waals surface area contributed by atoms with Crippen molar-refractivity contribution in [3.05, 3.63) is 84.8 Å². The Morgan fingerprint density at radius 3 is 2.32 bits per heavy atom. The zero-order chi connectivity index (χ0) is 27.4. The number of nitrogens with one attached hydrogen (secondary N) is 1. The molecule has 3 aromatic rings. The molecule has 2 N–H and O–H groups in total. The highest BCUT2D eigenvalue weighted by molar-refractivity contribution is 6.40. The van der Waals surface area contributed by atoms with Crippen LogP contribution in [0, 0.1) is 15.6 Å². The summed E-state index contributed by atoms with van der Waals surface area (Å²) in [5, 5.41) is 17.8. The Balaban J connectivity index is 1.69. The number of carbonyl (C=O) groups excluding carboxylic acids is 1. The lowest BCUT2D eigenvalue weighted by Crippen LogP contribution is -2.37. The molecule has 0 spiro atoms. The highest BCUT2D eigenvalue weighted by Crippen LogP contribution is 2.38. The average Bonchev–Trinajstić information content (AvgIpc) is 2.91. The highest BCUT2D eigenvalue weighted by atomic mass is 35.5. The smallest absolute Gasteiger partial charge is 0.337 e. The molecule has 0 unspecified atom stereocenters. The van der Waals surface area contributed by atoms with E-state index in [2.05, 4.69) is 15.7 Å². The third-order valence-corrected chi connectivity index (χ3v) is 6.56. The van der Waals surface area contributed by atoms with Crippen molar-refractivity contribution in [3.63, 3.8) is 0 Å². The monoisotopic (exact) mass is 560 g/mol. The molecule has 13 heteroatoms. The Morgan fingerprint density at radius 1 is 1.03 bits per heavy atom. The first-order valence-corrected chi connectivity index (χ1v) is 12.0. The second-order valence-electron chi connectivity index (χ2n) is 8.22. The van der Waals surface area contributed by atoms with Crippen molar-refractivity contribution in [2.45, 2.75) is 6.54 Å². The van der Waals surface area contributed by atoms with E-state index in [1.807, 2.05) is 0 Å². The number of carbonyl (C=O) groups is 2. The molecule has 1 saturated heterocycles. The van der Waals surface area contributed by atoms with Crippen LogP contribution < -0.4 is 10.2 Å². The fourth-order valence-corrected chi connectivity index (χ4v) is 4.80. The summed E-state index contributed by atoms with van der Waals surface area (Å²) in [7, 11) is 0. The number of aromatic carboxylic acids is 1. The fraction of sp³-hybridized carbons (Fsp3) is 0.200. The number of carboxylic acids is 1. The molecule has 3 aromatic carbocycles. The third kappa shape index (κ3) is 5.49. The first kappa shape index (κ1) is 27.1. The summed E-state index contributed by atoms with van der Waals surface area (Å²) in [6, 6.07) is 9.20. The van der Waals surface area contributed by atoms with Crippen LogP contribution in [-0.2, 0) is 11.3 Å². The van der Waals surface area contributed by atoms with Crippen LogP contribution in [0.3, 0.4) is 0 Å².